The molecule has 0 aromatic carbocycles. The molecule has 386 valence electrons. The van der Waals surface area contributed by atoms with Gasteiger partial charge in [-0.1, -0.05) is 276 Å². The van der Waals surface area contributed by atoms with Crippen molar-refractivity contribution in [3.8, 4) is 0 Å². The Morgan fingerprint density at radius 1 is 0.415 bits per heavy atom. The summed E-state index contributed by atoms with van der Waals surface area (Å²) in [6.45, 7) is 4.91. The standard InChI is InChI=1S/C59H115NO5/c1-3-5-7-9-11-13-15-17-19-21-22-23-24-25-27-28-30-32-35-39-43-47-51-57(62)56(55-61)60-58(63)52-48-44-40-36-34-38-42-46-50-54-65-59(64)53-49-45-41-37-33-31-29-26-20-18-16-14-12-10-8-6-4-2/h18,20,56-57,61-62H,3-17,19,21-55H2,1-2H3,(H,60,63)/b20-18-. The number of aliphatic hydroxyl groups is 2. The van der Waals surface area contributed by atoms with Crippen molar-refractivity contribution >= 4 is 11.9 Å². The lowest BCUT2D eigenvalue weighted by atomic mass is 10.0. The molecule has 0 fully saturated rings. The van der Waals surface area contributed by atoms with E-state index in [1.807, 2.05) is 0 Å². The van der Waals surface area contributed by atoms with Crippen molar-refractivity contribution in [1.82, 2.24) is 5.32 Å². The molecule has 0 saturated carbocycles. The first-order valence-corrected chi connectivity index (χ1v) is 29.4. The number of ether oxygens (including phenoxy) is 1. The van der Waals surface area contributed by atoms with Crippen molar-refractivity contribution in [3.05, 3.63) is 12.2 Å². The maximum absolute atomic E-state index is 12.5. The van der Waals surface area contributed by atoms with E-state index in [1.54, 1.807) is 0 Å². The maximum atomic E-state index is 12.5. The molecule has 0 saturated heterocycles. The summed E-state index contributed by atoms with van der Waals surface area (Å²) in [6, 6.07) is -0.562. The molecule has 0 radical (unpaired) electrons. The summed E-state index contributed by atoms with van der Waals surface area (Å²) in [5.41, 5.74) is 0. The Bertz CT molecular complexity index is 970. The van der Waals surface area contributed by atoms with Crippen LogP contribution < -0.4 is 5.32 Å². The fourth-order valence-corrected chi connectivity index (χ4v) is 9.28. The average molecular weight is 919 g/mol. The number of hydrogen-bond donors (Lipinski definition) is 3. The Morgan fingerprint density at radius 2 is 0.723 bits per heavy atom. The van der Waals surface area contributed by atoms with Gasteiger partial charge in [-0.25, -0.2) is 0 Å². The second kappa shape index (κ2) is 55.2. The smallest absolute Gasteiger partial charge is 0.305 e. The van der Waals surface area contributed by atoms with Crippen LogP contribution in [0, 0.1) is 0 Å². The molecule has 6 nitrogen and oxygen atoms in total. The summed E-state index contributed by atoms with van der Waals surface area (Å²) < 4.78 is 5.47. The Balaban J connectivity index is 3.46. The third-order valence-corrected chi connectivity index (χ3v) is 13.8. The van der Waals surface area contributed by atoms with E-state index in [9.17, 15) is 19.8 Å². The fourth-order valence-electron chi connectivity index (χ4n) is 9.28. The zero-order chi connectivity index (χ0) is 47.2. The zero-order valence-corrected chi connectivity index (χ0v) is 44.0. The van der Waals surface area contributed by atoms with Gasteiger partial charge in [-0.15, -0.1) is 0 Å². The highest BCUT2D eigenvalue weighted by Gasteiger charge is 2.20. The molecular weight excluding hydrogens is 803 g/mol. The molecule has 0 spiro atoms. The summed E-state index contributed by atoms with van der Waals surface area (Å²) in [6.07, 6.45) is 64.9. The van der Waals surface area contributed by atoms with Crippen molar-refractivity contribution < 1.29 is 24.5 Å². The molecule has 3 N–H and O–H groups in total. The van der Waals surface area contributed by atoms with E-state index in [2.05, 4.69) is 31.3 Å². The van der Waals surface area contributed by atoms with Crippen LogP contribution in [0.1, 0.15) is 328 Å². The summed E-state index contributed by atoms with van der Waals surface area (Å²) in [7, 11) is 0. The highest BCUT2D eigenvalue weighted by atomic mass is 16.5. The van der Waals surface area contributed by atoms with Crippen LogP contribution in [-0.4, -0.2) is 47.4 Å². The largest absolute Gasteiger partial charge is 0.466 e. The van der Waals surface area contributed by atoms with E-state index in [-0.39, 0.29) is 18.5 Å². The van der Waals surface area contributed by atoms with Crippen LogP contribution in [0.2, 0.25) is 0 Å². The van der Waals surface area contributed by atoms with Crippen molar-refractivity contribution in [3.63, 3.8) is 0 Å². The molecule has 65 heavy (non-hydrogen) atoms. The van der Waals surface area contributed by atoms with Crippen LogP contribution in [0.15, 0.2) is 12.2 Å². The Hall–Kier alpha value is -1.40. The van der Waals surface area contributed by atoms with Crippen LogP contribution in [0.25, 0.3) is 0 Å². The van der Waals surface area contributed by atoms with Gasteiger partial charge < -0.3 is 20.3 Å². The molecule has 0 aromatic rings. The number of carbonyl (C=O) groups excluding carboxylic acids is 2. The van der Waals surface area contributed by atoms with Gasteiger partial charge in [0.25, 0.3) is 0 Å². The normalized spacial score (nSPS) is 12.6. The number of unbranched alkanes of at least 4 members (excludes halogenated alkanes) is 42. The molecule has 1 amide bonds. The van der Waals surface area contributed by atoms with E-state index >= 15 is 0 Å². The molecule has 2 atom stereocenters. The number of esters is 1. The number of allylic oxidation sites excluding steroid dienone is 2. The maximum Gasteiger partial charge on any atom is 0.305 e. The van der Waals surface area contributed by atoms with Gasteiger partial charge in [-0.2, -0.15) is 0 Å². The first kappa shape index (κ1) is 63.6. The predicted octanol–water partition coefficient (Wildman–Crippen LogP) is 18.1. The minimum atomic E-state index is -0.682. The molecule has 0 aromatic heterocycles. The summed E-state index contributed by atoms with van der Waals surface area (Å²) in [4.78, 5) is 24.6. The third-order valence-electron chi connectivity index (χ3n) is 13.8. The number of aliphatic hydroxyl groups excluding tert-OH is 2. The molecule has 6 heteroatoms. The van der Waals surface area contributed by atoms with Gasteiger partial charge in [-0.05, 0) is 51.4 Å². The number of amides is 1. The van der Waals surface area contributed by atoms with Gasteiger partial charge in [0.15, 0.2) is 0 Å². The van der Waals surface area contributed by atoms with Crippen LogP contribution in [0.4, 0.5) is 0 Å². The van der Waals surface area contributed by atoms with Gasteiger partial charge in [0.1, 0.15) is 0 Å². The van der Waals surface area contributed by atoms with Gasteiger partial charge in [-0.3, -0.25) is 9.59 Å². The molecule has 0 aliphatic rings. The lowest BCUT2D eigenvalue weighted by molar-refractivity contribution is -0.143. The first-order valence-electron chi connectivity index (χ1n) is 29.4. The van der Waals surface area contributed by atoms with Crippen molar-refractivity contribution in [1.29, 1.82) is 0 Å². The number of hydrogen-bond acceptors (Lipinski definition) is 5. The molecule has 0 aliphatic heterocycles. The van der Waals surface area contributed by atoms with Gasteiger partial charge in [0.05, 0.1) is 25.4 Å². The van der Waals surface area contributed by atoms with Crippen molar-refractivity contribution in [2.24, 2.45) is 0 Å². The Morgan fingerprint density at radius 3 is 1.09 bits per heavy atom. The molecule has 0 rings (SSSR count). The van der Waals surface area contributed by atoms with Gasteiger partial charge >= 0.3 is 5.97 Å². The highest BCUT2D eigenvalue weighted by molar-refractivity contribution is 5.76. The van der Waals surface area contributed by atoms with Gasteiger partial charge in [0, 0.05) is 12.8 Å². The monoisotopic (exact) mass is 918 g/mol. The molecular formula is C59H115NO5. The quantitative estimate of drug-likeness (QED) is 0.0321. The number of carbonyl (C=O) groups is 2. The molecule has 2 unspecified atom stereocenters. The SMILES string of the molecule is CCCCCCCC/C=C\CCCCCCCCCC(=O)OCCCCCCCCCCCC(=O)NC(CO)C(O)CCCCCCCCCCCCCCCCCCCCCCCC. The second-order valence-corrected chi connectivity index (χ2v) is 20.3. The number of rotatable bonds is 55. The molecule has 0 aliphatic carbocycles. The lowest BCUT2D eigenvalue weighted by Crippen LogP contribution is -2.45. The molecule has 0 heterocycles. The summed E-state index contributed by atoms with van der Waals surface area (Å²) >= 11 is 0. The molecule has 0 bridgehead atoms. The van der Waals surface area contributed by atoms with Gasteiger partial charge in [0.2, 0.25) is 5.91 Å². The average Bonchev–Trinajstić information content (AvgIpc) is 3.31. The Labute approximate surface area is 406 Å². The minimum absolute atomic E-state index is 0.0269. The van der Waals surface area contributed by atoms with E-state index in [1.165, 1.54) is 238 Å². The zero-order valence-electron chi connectivity index (χ0n) is 44.0. The van der Waals surface area contributed by atoms with Crippen LogP contribution in [0.3, 0.4) is 0 Å². The van der Waals surface area contributed by atoms with Crippen LogP contribution in [-0.2, 0) is 14.3 Å². The first-order chi connectivity index (χ1) is 32.0. The van der Waals surface area contributed by atoms with Crippen molar-refractivity contribution in [2.45, 2.75) is 341 Å². The lowest BCUT2D eigenvalue weighted by Gasteiger charge is -2.22. The van der Waals surface area contributed by atoms with E-state index in [0.717, 1.165) is 57.8 Å². The Kier molecular flexibility index (Phi) is 54.0. The summed E-state index contributed by atoms with van der Waals surface area (Å²) in [5, 5.41) is 23.3. The van der Waals surface area contributed by atoms with E-state index in [4.69, 9.17) is 4.74 Å². The highest BCUT2D eigenvalue weighted by Crippen LogP contribution is 2.18. The summed E-state index contributed by atoms with van der Waals surface area (Å²) in [5.74, 6) is -0.0859. The van der Waals surface area contributed by atoms with Crippen LogP contribution in [0.5, 0.6) is 0 Å². The minimum Gasteiger partial charge on any atom is -0.466 e. The topological polar surface area (TPSA) is 95.9 Å². The second-order valence-electron chi connectivity index (χ2n) is 20.3. The van der Waals surface area contributed by atoms with E-state index in [0.29, 0.717) is 25.9 Å². The van der Waals surface area contributed by atoms with Crippen molar-refractivity contribution in [2.75, 3.05) is 13.2 Å². The van der Waals surface area contributed by atoms with Crippen LogP contribution >= 0.6 is 0 Å². The predicted molar refractivity (Wildman–Crippen MR) is 283 cm³/mol. The number of nitrogens with one attached hydrogen (secondary N) is 1. The third kappa shape index (κ3) is 51.8. The van der Waals surface area contributed by atoms with E-state index < -0.39 is 12.1 Å². The fraction of sp³-hybridized carbons (Fsp3) is 0.932.